The molecule has 19 heavy (non-hydrogen) atoms. The first-order valence-corrected chi connectivity index (χ1v) is 7.55. The number of phenols is 1. The van der Waals surface area contributed by atoms with E-state index in [4.69, 9.17) is 0 Å². The van der Waals surface area contributed by atoms with E-state index in [1.54, 1.807) is 26.0 Å². The molecule has 3 N–H and O–H groups in total. The normalized spacial score (nSPS) is 12.2. The zero-order valence-electron chi connectivity index (χ0n) is 11.1. The number of nitrogens with one attached hydrogen (secondary N) is 2. The van der Waals surface area contributed by atoms with E-state index in [-0.39, 0.29) is 17.9 Å². The summed E-state index contributed by atoms with van der Waals surface area (Å²) in [4.78, 5) is 11.8. The summed E-state index contributed by atoms with van der Waals surface area (Å²) in [5.41, 5.74) is -0.661. The molecule has 0 aromatic heterocycles. The molecule has 1 rings (SSSR count). The molecular weight excluding hydrogens is 268 g/mol. The lowest BCUT2D eigenvalue weighted by Crippen LogP contribution is -2.51. The molecule has 0 unspecified atom stereocenters. The second-order valence-corrected chi connectivity index (χ2v) is 6.71. The van der Waals surface area contributed by atoms with Crippen LogP contribution in [0.3, 0.4) is 0 Å². The molecule has 0 bridgehead atoms. The summed E-state index contributed by atoms with van der Waals surface area (Å²) in [6.07, 6.45) is 1.06. The Morgan fingerprint density at radius 2 is 1.89 bits per heavy atom. The van der Waals surface area contributed by atoms with Crippen molar-refractivity contribution in [2.45, 2.75) is 19.4 Å². The van der Waals surface area contributed by atoms with E-state index in [2.05, 4.69) is 10.0 Å². The van der Waals surface area contributed by atoms with Crippen LogP contribution in [0.1, 0.15) is 24.2 Å². The molecule has 6 nitrogen and oxygen atoms in total. The monoisotopic (exact) mass is 286 g/mol. The van der Waals surface area contributed by atoms with E-state index >= 15 is 0 Å². The van der Waals surface area contributed by atoms with Gasteiger partial charge in [-0.05, 0) is 26.0 Å². The lowest BCUT2D eigenvalue weighted by molar-refractivity contribution is 0.0942. The number of carbonyl (C=O) groups is 1. The van der Waals surface area contributed by atoms with E-state index < -0.39 is 21.5 Å². The molecule has 0 saturated carbocycles. The summed E-state index contributed by atoms with van der Waals surface area (Å²) in [5.74, 6) is -0.574. The number of aromatic hydroxyl groups is 1. The van der Waals surface area contributed by atoms with Gasteiger partial charge in [-0.25, -0.2) is 13.1 Å². The van der Waals surface area contributed by atoms with Gasteiger partial charge in [-0.2, -0.15) is 0 Å². The minimum Gasteiger partial charge on any atom is -0.507 e. The number of carbonyl (C=O) groups excluding carboxylic acids is 1. The van der Waals surface area contributed by atoms with E-state index in [0.29, 0.717) is 0 Å². The third-order valence-electron chi connectivity index (χ3n) is 2.30. The van der Waals surface area contributed by atoms with Crippen LogP contribution in [0, 0.1) is 0 Å². The Balaban J connectivity index is 2.67. The van der Waals surface area contributed by atoms with Gasteiger partial charge in [0.05, 0.1) is 11.8 Å². The number of rotatable bonds is 5. The minimum absolute atomic E-state index is 0.104. The van der Waals surface area contributed by atoms with Crippen molar-refractivity contribution in [2.24, 2.45) is 0 Å². The van der Waals surface area contributed by atoms with Crippen LogP contribution in [0.4, 0.5) is 0 Å². The lowest BCUT2D eigenvalue weighted by Gasteiger charge is -2.25. The maximum Gasteiger partial charge on any atom is 0.255 e. The number of amides is 1. The third-order valence-corrected chi connectivity index (χ3v) is 3.22. The predicted octanol–water partition coefficient (Wildman–Crippen LogP) is 0.450. The van der Waals surface area contributed by atoms with Crippen molar-refractivity contribution in [1.29, 1.82) is 0 Å². The summed E-state index contributed by atoms with van der Waals surface area (Å²) in [7, 11) is -3.35. The Morgan fingerprint density at radius 3 is 2.42 bits per heavy atom. The van der Waals surface area contributed by atoms with Crippen LogP contribution < -0.4 is 10.0 Å². The van der Waals surface area contributed by atoms with Gasteiger partial charge in [-0.1, -0.05) is 12.1 Å². The average molecular weight is 286 g/mol. The first kappa shape index (κ1) is 15.5. The molecule has 0 heterocycles. The van der Waals surface area contributed by atoms with Crippen LogP contribution in [-0.4, -0.2) is 37.8 Å². The Morgan fingerprint density at radius 1 is 1.32 bits per heavy atom. The van der Waals surface area contributed by atoms with Crippen LogP contribution in [-0.2, 0) is 10.0 Å². The highest BCUT2D eigenvalue weighted by molar-refractivity contribution is 7.88. The van der Waals surface area contributed by atoms with Crippen LogP contribution in [0.5, 0.6) is 5.75 Å². The molecule has 0 atom stereocenters. The summed E-state index contributed by atoms with van der Waals surface area (Å²) in [5, 5.41) is 12.1. The first-order valence-electron chi connectivity index (χ1n) is 5.66. The SMILES string of the molecule is CC(C)(CNC(=O)c1ccccc1O)NS(C)(=O)=O. The molecule has 0 aliphatic heterocycles. The fraction of sp³-hybridized carbons (Fsp3) is 0.417. The van der Waals surface area contributed by atoms with Crippen LogP contribution in [0.25, 0.3) is 0 Å². The molecule has 0 spiro atoms. The Kier molecular flexibility index (Phi) is 4.54. The highest BCUT2D eigenvalue weighted by Gasteiger charge is 2.23. The molecule has 1 aromatic rings. The summed E-state index contributed by atoms with van der Waals surface area (Å²) in [6, 6.07) is 6.15. The summed E-state index contributed by atoms with van der Waals surface area (Å²) >= 11 is 0. The maximum atomic E-state index is 11.8. The smallest absolute Gasteiger partial charge is 0.255 e. The topological polar surface area (TPSA) is 95.5 Å². The van der Waals surface area contributed by atoms with Crippen LogP contribution >= 0.6 is 0 Å². The molecule has 1 amide bonds. The van der Waals surface area contributed by atoms with Gasteiger partial charge < -0.3 is 10.4 Å². The largest absolute Gasteiger partial charge is 0.507 e. The van der Waals surface area contributed by atoms with E-state index in [1.807, 2.05) is 0 Å². The van der Waals surface area contributed by atoms with E-state index in [1.165, 1.54) is 12.1 Å². The van der Waals surface area contributed by atoms with Crippen molar-refractivity contribution in [3.8, 4) is 5.75 Å². The molecule has 0 aliphatic rings. The van der Waals surface area contributed by atoms with Crippen molar-refractivity contribution in [2.75, 3.05) is 12.8 Å². The van der Waals surface area contributed by atoms with Crippen LogP contribution in [0.2, 0.25) is 0 Å². The molecule has 0 radical (unpaired) electrons. The minimum atomic E-state index is -3.35. The Bertz CT molecular complexity index is 567. The quantitative estimate of drug-likeness (QED) is 0.732. The van der Waals surface area contributed by atoms with Gasteiger partial charge in [0, 0.05) is 12.1 Å². The lowest BCUT2D eigenvalue weighted by atomic mass is 10.1. The van der Waals surface area contributed by atoms with E-state index in [9.17, 15) is 18.3 Å². The third kappa shape index (κ3) is 5.27. The second kappa shape index (κ2) is 5.58. The average Bonchev–Trinajstić information content (AvgIpc) is 2.23. The Labute approximate surface area is 112 Å². The van der Waals surface area contributed by atoms with Crippen molar-refractivity contribution < 1.29 is 18.3 Å². The Hall–Kier alpha value is -1.60. The van der Waals surface area contributed by atoms with Gasteiger partial charge in [-0.15, -0.1) is 0 Å². The predicted molar refractivity (Wildman–Crippen MR) is 72.5 cm³/mol. The molecule has 7 heteroatoms. The number of phenolic OH excluding ortho intramolecular Hbond substituents is 1. The van der Waals surface area contributed by atoms with Crippen molar-refractivity contribution in [1.82, 2.24) is 10.0 Å². The van der Waals surface area contributed by atoms with Crippen molar-refractivity contribution in [3.05, 3.63) is 29.8 Å². The van der Waals surface area contributed by atoms with Crippen molar-refractivity contribution in [3.63, 3.8) is 0 Å². The zero-order valence-corrected chi connectivity index (χ0v) is 11.9. The fourth-order valence-corrected chi connectivity index (χ4v) is 2.68. The van der Waals surface area contributed by atoms with Gasteiger partial charge in [0.25, 0.3) is 5.91 Å². The van der Waals surface area contributed by atoms with E-state index in [0.717, 1.165) is 6.26 Å². The number of hydrogen-bond acceptors (Lipinski definition) is 4. The fourth-order valence-electron chi connectivity index (χ4n) is 1.60. The van der Waals surface area contributed by atoms with Gasteiger partial charge in [0.1, 0.15) is 5.75 Å². The number of sulfonamides is 1. The maximum absolute atomic E-state index is 11.8. The first-order chi connectivity index (χ1) is 8.61. The number of hydrogen-bond donors (Lipinski definition) is 3. The highest BCUT2D eigenvalue weighted by Crippen LogP contribution is 2.15. The van der Waals surface area contributed by atoms with Gasteiger partial charge in [0.15, 0.2) is 0 Å². The molecular formula is C12H18N2O4S. The molecule has 106 valence electrons. The standard InChI is InChI=1S/C12H18N2O4S/c1-12(2,14-19(3,17)18)8-13-11(16)9-6-4-5-7-10(9)15/h4-7,14-15H,8H2,1-3H3,(H,13,16). The summed E-state index contributed by atoms with van der Waals surface area (Å²) in [6.45, 7) is 3.41. The van der Waals surface area contributed by atoms with Gasteiger partial charge >= 0.3 is 0 Å². The van der Waals surface area contributed by atoms with Gasteiger partial charge in [-0.3, -0.25) is 4.79 Å². The molecule has 0 fully saturated rings. The molecule has 0 aliphatic carbocycles. The summed E-state index contributed by atoms with van der Waals surface area (Å²) < 4.78 is 24.7. The molecule has 0 saturated heterocycles. The second-order valence-electron chi connectivity index (χ2n) is 4.96. The number of para-hydroxylation sites is 1. The van der Waals surface area contributed by atoms with Crippen LogP contribution in [0.15, 0.2) is 24.3 Å². The highest BCUT2D eigenvalue weighted by atomic mass is 32.2. The van der Waals surface area contributed by atoms with Crippen molar-refractivity contribution >= 4 is 15.9 Å². The zero-order chi connectivity index (χ0) is 14.7. The van der Waals surface area contributed by atoms with Gasteiger partial charge in [0.2, 0.25) is 10.0 Å². The number of benzene rings is 1. The molecule has 1 aromatic carbocycles.